The SMILES string of the molecule is COc1ccc(S(=O)(=O)c2c(C(=O)NO)c(Cc3cccnc3)c(C)c(N)c2-c2cccs2)cc1. The molecule has 0 spiro atoms. The van der Waals surface area contributed by atoms with Gasteiger partial charge >= 0.3 is 0 Å². The molecule has 8 nitrogen and oxygen atoms in total. The summed E-state index contributed by atoms with van der Waals surface area (Å²) in [6.07, 6.45) is 3.43. The Kier molecular flexibility index (Phi) is 6.88. The number of nitrogens with zero attached hydrogens (tertiary/aromatic N) is 1. The van der Waals surface area contributed by atoms with Crippen LogP contribution in [-0.4, -0.2) is 31.6 Å². The molecule has 0 atom stereocenters. The second-order valence-electron chi connectivity index (χ2n) is 7.73. The molecule has 10 heteroatoms. The van der Waals surface area contributed by atoms with Gasteiger partial charge in [-0.25, -0.2) is 13.9 Å². The molecule has 0 aliphatic rings. The zero-order chi connectivity index (χ0) is 25.2. The van der Waals surface area contributed by atoms with Gasteiger partial charge in [0.05, 0.1) is 22.5 Å². The Balaban J connectivity index is 2.11. The normalized spacial score (nSPS) is 11.3. The Morgan fingerprint density at radius 1 is 1.17 bits per heavy atom. The summed E-state index contributed by atoms with van der Waals surface area (Å²) in [6, 6.07) is 12.9. The Labute approximate surface area is 206 Å². The number of sulfone groups is 1. The molecule has 4 aromatic rings. The van der Waals surface area contributed by atoms with Gasteiger partial charge in [0, 0.05) is 34.9 Å². The lowest BCUT2D eigenvalue weighted by Gasteiger charge is -2.22. The van der Waals surface area contributed by atoms with E-state index in [9.17, 15) is 18.4 Å². The fourth-order valence-electron chi connectivity index (χ4n) is 3.95. The molecule has 0 unspecified atom stereocenters. The third kappa shape index (κ3) is 4.51. The van der Waals surface area contributed by atoms with Crippen LogP contribution in [0.25, 0.3) is 10.4 Å². The highest BCUT2D eigenvalue weighted by molar-refractivity contribution is 7.91. The number of methoxy groups -OCH3 is 1. The van der Waals surface area contributed by atoms with Crippen LogP contribution < -0.4 is 16.0 Å². The average Bonchev–Trinajstić information content (AvgIpc) is 3.41. The Bertz CT molecular complexity index is 1470. The predicted octanol–water partition coefficient (Wildman–Crippen LogP) is 4.25. The number of hydrogen-bond donors (Lipinski definition) is 3. The van der Waals surface area contributed by atoms with Gasteiger partial charge in [0.25, 0.3) is 5.91 Å². The van der Waals surface area contributed by atoms with E-state index >= 15 is 0 Å². The number of benzene rings is 2. The van der Waals surface area contributed by atoms with Crippen molar-refractivity contribution in [1.82, 2.24) is 10.5 Å². The van der Waals surface area contributed by atoms with E-state index in [1.807, 2.05) is 6.07 Å². The molecule has 2 aromatic heterocycles. The van der Waals surface area contributed by atoms with Crippen LogP contribution in [0.5, 0.6) is 5.75 Å². The smallest absolute Gasteiger partial charge is 0.276 e. The molecular formula is C25H23N3O5S2. The van der Waals surface area contributed by atoms with E-state index in [4.69, 9.17) is 10.5 Å². The Morgan fingerprint density at radius 3 is 2.49 bits per heavy atom. The summed E-state index contributed by atoms with van der Waals surface area (Å²) in [5.41, 5.74) is 10.2. The number of hydroxylamine groups is 1. The van der Waals surface area contributed by atoms with E-state index < -0.39 is 15.7 Å². The van der Waals surface area contributed by atoms with Gasteiger partial charge < -0.3 is 10.5 Å². The number of rotatable bonds is 7. The maximum absolute atomic E-state index is 14.1. The van der Waals surface area contributed by atoms with E-state index in [0.717, 1.165) is 5.56 Å². The van der Waals surface area contributed by atoms with Crippen LogP contribution in [0.1, 0.15) is 27.0 Å². The molecule has 0 radical (unpaired) electrons. The van der Waals surface area contributed by atoms with Gasteiger partial charge in [0.1, 0.15) is 5.75 Å². The van der Waals surface area contributed by atoms with Gasteiger partial charge in [-0.15, -0.1) is 11.3 Å². The minimum Gasteiger partial charge on any atom is -0.497 e. The summed E-state index contributed by atoms with van der Waals surface area (Å²) in [7, 11) is -2.80. The molecule has 0 saturated carbocycles. The number of thiophene rings is 1. The molecular weight excluding hydrogens is 486 g/mol. The summed E-state index contributed by atoms with van der Waals surface area (Å²) in [5, 5.41) is 11.4. The first-order valence-electron chi connectivity index (χ1n) is 10.5. The number of nitrogen functional groups attached to an aromatic ring is 1. The van der Waals surface area contributed by atoms with Crippen LogP contribution in [0.15, 0.2) is 76.1 Å². The first-order valence-corrected chi connectivity index (χ1v) is 12.9. The highest BCUT2D eigenvalue weighted by Crippen LogP contribution is 2.44. The summed E-state index contributed by atoms with van der Waals surface area (Å²) in [4.78, 5) is 17.5. The molecule has 0 aliphatic carbocycles. The topological polar surface area (TPSA) is 132 Å². The highest BCUT2D eigenvalue weighted by atomic mass is 32.2. The largest absolute Gasteiger partial charge is 0.497 e. The number of carbonyl (C=O) groups excluding carboxylic acids is 1. The van der Waals surface area contributed by atoms with Crippen molar-refractivity contribution < 1.29 is 23.2 Å². The Hall–Kier alpha value is -3.73. The molecule has 2 heterocycles. The molecule has 0 saturated heterocycles. The second-order valence-corrected chi connectivity index (χ2v) is 10.6. The van der Waals surface area contributed by atoms with Crippen molar-refractivity contribution in [1.29, 1.82) is 0 Å². The van der Waals surface area contributed by atoms with Crippen molar-refractivity contribution in [3.05, 3.63) is 88.6 Å². The lowest BCUT2D eigenvalue weighted by molar-refractivity contribution is 0.0701. The van der Waals surface area contributed by atoms with Gasteiger partial charge in [-0.2, -0.15) is 0 Å². The number of ether oxygens (including phenoxy) is 1. The molecule has 180 valence electrons. The van der Waals surface area contributed by atoms with Gasteiger partial charge in [-0.05, 0) is 65.4 Å². The van der Waals surface area contributed by atoms with Crippen molar-refractivity contribution in [3.8, 4) is 16.2 Å². The summed E-state index contributed by atoms with van der Waals surface area (Å²) >= 11 is 1.30. The summed E-state index contributed by atoms with van der Waals surface area (Å²) in [6.45, 7) is 1.73. The molecule has 0 bridgehead atoms. The maximum Gasteiger partial charge on any atom is 0.276 e. The number of amides is 1. The van der Waals surface area contributed by atoms with Crippen molar-refractivity contribution in [3.63, 3.8) is 0 Å². The third-order valence-electron chi connectivity index (χ3n) is 5.72. The maximum atomic E-state index is 14.1. The van der Waals surface area contributed by atoms with Gasteiger partial charge in [0.15, 0.2) is 0 Å². The van der Waals surface area contributed by atoms with Crippen LogP contribution in [0, 0.1) is 6.92 Å². The molecule has 4 N–H and O–H groups in total. The molecule has 1 amide bonds. The van der Waals surface area contributed by atoms with Gasteiger partial charge in [-0.3, -0.25) is 15.0 Å². The monoisotopic (exact) mass is 509 g/mol. The van der Waals surface area contributed by atoms with Crippen molar-refractivity contribution in [2.45, 2.75) is 23.1 Å². The standard InChI is InChI=1S/C25H23N3O5S2/c1-15-19(13-16-5-3-11-27-14-16)21(25(29)28-30)24(22(23(15)26)20-6-4-12-34-20)35(31,32)18-9-7-17(33-2)8-10-18/h3-12,14,30H,13,26H2,1-2H3,(H,28,29). The van der Waals surface area contributed by atoms with Crippen molar-refractivity contribution in [2.24, 2.45) is 0 Å². The molecule has 0 aliphatic heterocycles. The number of nitrogens with one attached hydrogen (secondary N) is 1. The zero-order valence-electron chi connectivity index (χ0n) is 19.0. The molecule has 2 aromatic carbocycles. The third-order valence-corrected chi connectivity index (χ3v) is 8.45. The quantitative estimate of drug-likeness (QED) is 0.193. The first kappa shape index (κ1) is 24.4. The summed E-state index contributed by atoms with van der Waals surface area (Å²) in [5.74, 6) is -0.465. The average molecular weight is 510 g/mol. The first-order chi connectivity index (χ1) is 16.8. The fourth-order valence-corrected chi connectivity index (χ4v) is 6.51. The van der Waals surface area contributed by atoms with Crippen LogP contribution >= 0.6 is 11.3 Å². The Morgan fingerprint density at radius 2 is 1.91 bits per heavy atom. The predicted molar refractivity (Wildman–Crippen MR) is 134 cm³/mol. The number of carbonyl (C=O) groups is 1. The van der Waals surface area contributed by atoms with Crippen LogP contribution in [-0.2, 0) is 16.3 Å². The minimum atomic E-state index is -4.28. The highest BCUT2D eigenvalue weighted by Gasteiger charge is 2.34. The van der Waals surface area contributed by atoms with Crippen LogP contribution in [0.3, 0.4) is 0 Å². The van der Waals surface area contributed by atoms with Crippen molar-refractivity contribution >= 4 is 32.8 Å². The summed E-state index contributed by atoms with van der Waals surface area (Å²) < 4.78 is 33.3. The van der Waals surface area contributed by atoms with E-state index in [-0.39, 0.29) is 33.0 Å². The number of hydrogen-bond acceptors (Lipinski definition) is 8. The number of anilines is 1. The van der Waals surface area contributed by atoms with E-state index in [1.54, 1.807) is 48.4 Å². The minimum absolute atomic E-state index is 0.0429. The van der Waals surface area contributed by atoms with Gasteiger partial charge in [0.2, 0.25) is 9.84 Å². The number of aromatic nitrogens is 1. The fraction of sp³-hybridized carbons (Fsp3) is 0.120. The molecule has 4 rings (SSSR count). The molecule has 35 heavy (non-hydrogen) atoms. The van der Waals surface area contributed by atoms with Crippen LogP contribution in [0.2, 0.25) is 0 Å². The zero-order valence-corrected chi connectivity index (χ0v) is 20.6. The lowest BCUT2D eigenvalue weighted by Crippen LogP contribution is -2.25. The molecule has 0 fully saturated rings. The lowest BCUT2D eigenvalue weighted by atomic mass is 9.91. The van der Waals surface area contributed by atoms with Crippen molar-refractivity contribution in [2.75, 3.05) is 12.8 Å². The van der Waals surface area contributed by atoms with Gasteiger partial charge in [-0.1, -0.05) is 12.1 Å². The van der Waals surface area contributed by atoms with E-state index in [0.29, 0.717) is 21.8 Å². The number of nitrogens with two attached hydrogens (primary N) is 1. The van der Waals surface area contributed by atoms with Crippen LogP contribution in [0.4, 0.5) is 5.69 Å². The number of pyridine rings is 1. The second kappa shape index (κ2) is 9.87. The van der Waals surface area contributed by atoms with E-state index in [1.165, 1.54) is 42.7 Å². The van der Waals surface area contributed by atoms with E-state index in [2.05, 4.69) is 4.98 Å².